The van der Waals surface area contributed by atoms with Crippen molar-refractivity contribution in [1.29, 1.82) is 0 Å². The number of aliphatic hydroxyl groups is 1. The topological polar surface area (TPSA) is 89.9 Å². The maximum atomic E-state index is 11.9. The van der Waals surface area contributed by atoms with Gasteiger partial charge in [0, 0.05) is 5.56 Å². The summed E-state index contributed by atoms with van der Waals surface area (Å²) in [5, 5.41) is 8.64. The van der Waals surface area contributed by atoms with Gasteiger partial charge >= 0.3 is 0 Å². The monoisotopic (exact) mass is 302 g/mol. The second kappa shape index (κ2) is 7.25. The van der Waals surface area contributed by atoms with E-state index in [4.69, 9.17) is 14.6 Å². The Balaban J connectivity index is 2.96. The minimum absolute atomic E-state index is 0.232. The number of sulfone groups is 1. The number of aliphatic hydroxyl groups excluding tert-OH is 1. The van der Waals surface area contributed by atoms with Gasteiger partial charge in [-0.1, -0.05) is 0 Å². The first kappa shape index (κ1) is 16.5. The lowest BCUT2D eigenvalue weighted by atomic mass is 10.1. The summed E-state index contributed by atoms with van der Waals surface area (Å²) in [6, 6.07) is 4.49. The van der Waals surface area contributed by atoms with Crippen molar-refractivity contribution < 1.29 is 27.8 Å². The van der Waals surface area contributed by atoms with Gasteiger partial charge in [-0.2, -0.15) is 0 Å². The molecule has 0 aliphatic carbocycles. The number of carbonyl (C=O) groups is 1. The van der Waals surface area contributed by atoms with Crippen LogP contribution < -0.4 is 9.47 Å². The van der Waals surface area contributed by atoms with Crippen LogP contribution in [0.15, 0.2) is 18.2 Å². The van der Waals surface area contributed by atoms with E-state index < -0.39 is 33.7 Å². The van der Waals surface area contributed by atoms with Crippen LogP contribution in [0.3, 0.4) is 0 Å². The molecule has 1 N–H and O–H groups in total. The van der Waals surface area contributed by atoms with Crippen LogP contribution in [0.25, 0.3) is 0 Å². The zero-order valence-electron chi connectivity index (χ0n) is 11.5. The Morgan fingerprint density at radius 2 is 2.00 bits per heavy atom. The second-order valence-electron chi connectivity index (χ2n) is 4.04. The van der Waals surface area contributed by atoms with Gasteiger partial charge in [-0.3, -0.25) is 4.79 Å². The van der Waals surface area contributed by atoms with Crippen molar-refractivity contribution in [2.75, 3.05) is 31.8 Å². The number of ether oxygens (including phenoxy) is 2. The molecular formula is C13H18O6S. The lowest BCUT2D eigenvalue weighted by Crippen LogP contribution is -2.20. The van der Waals surface area contributed by atoms with Crippen LogP contribution in [0.5, 0.6) is 11.5 Å². The second-order valence-corrected chi connectivity index (χ2v) is 6.22. The predicted molar refractivity (Wildman–Crippen MR) is 74.2 cm³/mol. The van der Waals surface area contributed by atoms with E-state index in [-0.39, 0.29) is 5.56 Å². The molecule has 112 valence electrons. The molecule has 1 aromatic carbocycles. The van der Waals surface area contributed by atoms with Crippen LogP contribution in [0.4, 0.5) is 0 Å². The summed E-state index contributed by atoms with van der Waals surface area (Å²) in [6.07, 6.45) is 0. The van der Waals surface area contributed by atoms with Gasteiger partial charge < -0.3 is 14.6 Å². The molecule has 0 radical (unpaired) electrons. The number of methoxy groups -OCH3 is 1. The Labute approximate surface area is 118 Å². The van der Waals surface area contributed by atoms with Gasteiger partial charge in [-0.05, 0) is 25.1 Å². The molecule has 0 saturated carbocycles. The molecule has 0 aliphatic heterocycles. The molecule has 1 rings (SSSR count). The Morgan fingerprint density at radius 3 is 2.55 bits per heavy atom. The number of ketones is 1. The lowest BCUT2D eigenvalue weighted by molar-refractivity contribution is 0.102. The third-order valence-electron chi connectivity index (χ3n) is 2.54. The van der Waals surface area contributed by atoms with E-state index in [9.17, 15) is 13.2 Å². The molecule has 0 saturated heterocycles. The van der Waals surface area contributed by atoms with Crippen LogP contribution >= 0.6 is 0 Å². The fraction of sp³-hybridized carbons (Fsp3) is 0.462. The van der Waals surface area contributed by atoms with Crippen molar-refractivity contribution in [3.05, 3.63) is 23.8 Å². The molecular weight excluding hydrogens is 284 g/mol. The Hall–Kier alpha value is -1.60. The first-order valence-corrected chi connectivity index (χ1v) is 7.91. The molecule has 1 aromatic rings. The van der Waals surface area contributed by atoms with E-state index >= 15 is 0 Å². The van der Waals surface area contributed by atoms with Gasteiger partial charge in [0.2, 0.25) is 0 Å². The minimum atomic E-state index is -3.59. The van der Waals surface area contributed by atoms with E-state index in [2.05, 4.69) is 0 Å². The molecule has 7 heteroatoms. The average molecular weight is 302 g/mol. The SMILES string of the molecule is CCOc1cc(C(=O)CS(=O)(=O)CCO)ccc1OC. The summed E-state index contributed by atoms with van der Waals surface area (Å²) in [6.45, 7) is 1.69. The number of carbonyl (C=O) groups excluding carboxylic acids is 1. The fourth-order valence-corrected chi connectivity index (χ4v) is 2.60. The highest BCUT2D eigenvalue weighted by atomic mass is 32.2. The van der Waals surface area contributed by atoms with Gasteiger partial charge in [-0.25, -0.2) is 8.42 Å². The van der Waals surface area contributed by atoms with Crippen LogP contribution in [0.2, 0.25) is 0 Å². The molecule has 0 unspecified atom stereocenters. The molecule has 0 aliphatic rings. The smallest absolute Gasteiger partial charge is 0.178 e. The van der Waals surface area contributed by atoms with E-state index in [1.54, 1.807) is 13.0 Å². The van der Waals surface area contributed by atoms with Gasteiger partial charge in [0.25, 0.3) is 0 Å². The third kappa shape index (κ3) is 4.50. The molecule has 6 nitrogen and oxygen atoms in total. The lowest BCUT2D eigenvalue weighted by Gasteiger charge is -2.10. The first-order chi connectivity index (χ1) is 9.43. The van der Waals surface area contributed by atoms with Crippen molar-refractivity contribution in [3.63, 3.8) is 0 Å². The zero-order chi connectivity index (χ0) is 15.2. The van der Waals surface area contributed by atoms with E-state index in [1.165, 1.54) is 19.2 Å². The third-order valence-corrected chi connectivity index (χ3v) is 4.05. The summed E-state index contributed by atoms with van der Waals surface area (Å²) >= 11 is 0. The van der Waals surface area contributed by atoms with Crippen LogP contribution in [0, 0.1) is 0 Å². The number of hydrogen-bond donors (Lipinski definition) is 1. The van der Waals surface area contributed by atoms with Gasteiger partial charge in [0.15, 0.2) is 27.1 Å². The summed E-state index contributed by atoms with van der Waals surface area (Å²) < 4.78 is 33.4. The van der Waals surface area contributed by atoms with Crippen LogP contribution in [-0.4, -0.2) is 51.1 Å². The Kier molecular flexibility index (Phi) is 5.97. The number of rotatable bonds is 8. The molecule has 0 heterocycles. The van der Waals surface area contributed by atoms with Gasteiger partial charge in [-0.15, -0.1) is 0 Å². The minimum Gasteiger partial charge on any atom is -0.493 e. The van der Waals surface area contributed by atoms with Crippen LogP contribution in [0.1, 0.15) is 17.3 Å². The van der Waals surface area contributed by atoms with Gasteiger partial charge in [0.05, 0.1) is 26.1 Å². The summed E-state index contributed by atoms with van der Waals surface area (Å²) in [5.41, 5.74) is 0.232. The van der Waals surface area contributed by atoms with E-state index in [0.717, 1.165) is 0 Å². The summed E-state index contributed by atoms with van der Waals surface area (Å²) in [7, 11) is -2.11. The van der Waals surface area contributed by atoms with Crippen LogP contribution in [-0.2, 0) is 9.84 Å². The molecule has 0 amide bonds. The Bertz CT molecular complexity index is 564. The quantitative estimate of drug-likeness (QED) is 0.710. The van der Waals surface area contributed by atoms with Crippen molar-refractivity contribution >= 4 is 15.6 Å². The van der Waals surface area contributed by atoms with Crippen molar-refractivity contribution in [2.24, 2.45) is 0 Å². The molecule has 0 aromatic heterocycles. The van der Waals surface area contributed by atoms with Crippen molar-refractivity contribution in [2.45, 2.75) is 6.92 Å². The Morgan fingerprint density at radius 1 is 1.30 bits per heavy atom. The maximum absolute atomic E-state index is 11.9. The normalized spacial score (nSPS) is 11.2. The summed E-state index contributed by atoms with van der Waals surface area (Å²) in [5.74, 6) is -0.734. The summed E-state index contributed by atoms with van der Waals surface area (Å²) in [4.78, 5) is 11.9. The van der Waals surface area contributed by atoms with Crippen molar-refractivity contribution in [3.8, 4) is 11.5 Å². The molecule has 0 spiro atoms. The van der Waals surface area contributed by atoms with E-state index in [1.807, 2.05) is 0 Å². The number of hydrogen-bond acceptors (Lipinski definition) is 6. The first-order valence-electron chi connectivity index (χ1n) is 6.08. The fourth-order valence-electron chi connectivity index (χ4n) is 1.61. The standard InChI is InChI=1S/C13H18O6S/c1-3-19-13-8-10(4-5-12(13)18-2)11(15)9-20(16,17)7-6-14/h4-5,8,14H,3,6-7,9H2,1-2H3. The molecule has 0 bridgehead atoms. The molecule has 20 heavy (non-hydrogen) atoms. The average Bonchev–Trinajstić information content (AvgIpc) is 2.38. The highest BCUT2D eigenvalue weighted by Crippen LogP contribution is 2.28. The predicted octanol–water partition coefficient (Wildman–Crippen LogP) is 0.684. The highest BCUT2D eigenvalue weighted by molar-refractivity contribution is 7.92. The largest absolute Gasteiger partial charge is 0.493 e. The highest BCUT2D eigenvalue weighted by Gasteiger charge is 2.19. The molecule has 0 atom stereocenters. The number of Topliss-reactive ketones (excluding diaryl/α,β-unsaturated/α-hetero) is 1. The molecule has 0 fully saturated rings. The van der Waals surface area contributed by atoms with E-state index in [0.29, 0.717) is 18.1 Å². The maximum Gasteiger partial charge on any atom is 0.178 e. The number of benzene rings is 1. The van der Waals surface area contributed by atoms with Crippen molar-refractivity contribution in [1.82, 2.24) is 0 Å². The zero-order valence-corrected chi connectivity index (χ0v) is 12.3. The van der Waals surface area contributed by atoms with Gasteiger partial charge in [0.1, 0.15) is 5.75 Å².